The van der Waals surface area contributed by atoms with E-state index < -0.39 is 0 Å². The normalized spacial score (nSPS) is 16.5. The van der Waals surface area contributed by atoms with Gasteiger partial charge in [-0.05, 0) is 19.9 Å². The van der Waals surface area contributed by atoms with E-state index in [1.807, 2.05) is 6.92 Å². The average Bonchev–Trinajstić information content (AvgIpc) is 3.13. The second-order valence-electron chi connectivity index (χ2n) is 6.31. The first-order chi connectivity index (χ1) is 12.6. The molecule has 9 heteroatoms. The first-order valence-corrected chi connectivity index (χ1v) is 9.89. The number of piperazine rings is 1. The summed E-state index contributed by atoms with van der Waals surface area (Å²) in [7, 11) is 1.65. The summed E-state index contributed by atoms with van der Waals surface area (Å²) >= 11 is 1.48. The molecule has 1 aromatic rings. The van der Waals surface area contributed by atoms with Crippen LogP contribution in [0.5, 0.6) is 0 Å². The molecule has 0 radical (unpaired) electrons. The summed E-state index contributed by atoms with van der Waals surface area (Å²) in [5.41, 5.74) is 6.03. The van der Waals surface area contributed by atoms with Crippen LogP contribution >= 0.6 is 11.3 Å². The number of methoxy groups -OCH3 is 1. The van der Waals surface area contributed by atoms with Crippen LogP contribution in [0.25, 0.3) is 0 Å². The lowest BCUT2D eigenvalue weighted by Crippen LogP contribution is -2.55. The summed E-state index contributed by atoms with van der Waals surface area (Å²) in [6.07, 6.45) is 1.50. The lowest BCUT2D eigenvalue weighted by molar-refractivity contribution is -0.126. The molecule has 0 bridgehead atoms. The van der Waals surface area contributed by atoms with E-state index in [0.29, 0.717) is 58.0 Å². The molecule has 3 N–H and O–H groups in total. The molecule has 1 aliphatic rings. The molecule has 2 heterocycles. The highest BCUT2D eigenvalue weighted by Crippen LogP contribution is 2.14. The average molecular weight is 384 g/mol. The highest BCUT2D eigenvalue weighted by Gasteiger charge is 2.28. The minimum Gasteiger partial charge on any atom is -0.385 e. The Morgan fingerprint density at radius 3 is 2.77 bits per heavy atom. The first-order valence-electron chi connectivity index (χ1n) is 9.01. The minimum atomic E-state index is -0.203. The van der Waals surface area contributed by atoms with E-state index in [4.69, 9.17) is 10.5 Å². The number of ether oxygens (including phenoxy) is 1. The molecule has 0 aliphatic carbocycles. The van der Waals surface area contributed by atoms with E-state index >= 15 is 0 Å². The van der Waals surface area contributed by atoms with Gasteiger partial charge in [0.2, 0.25) is 5.91 Å². The van der Waals surface area contributed by atoms with Gasteiger partial charge in [-0.3, -0.25) is 14.5 Å². The van der Waals surface area contributed by atoms with Crippen LogP contribution in [0.4, 0.5) is 0 Å². The van der Waals surface area contributed by atoms with Crippen molar-refractivity contribution in [3.05, 3.63) is 16.1 Å². The number of amides is 2. The molecule has 0 saturated carbocycles. The standard InChI is InChI=1S/C17H29N5O3S/c1-13(16(23)19-6-3-11-25-2)21-7-9-22(10-8-21)17(24)14-12-26-15(20-14)4-5-18/h12-13H,3-11,18H2,1-2H3,(H,19,23). The first kappa shape index (κ1) is 20.8. The topological polar surface area (TPSA) is 101 Å². The highest BCUT2D eigenvalue weighted by molar-refractivity contribution is 7.09. The number of carbonyl (C=O) groups is 2. The maximum atomic E-state index is 12.6. The number of hydrogen-bond acceptors (Lipinski definition) is 7. The van der Waals surface area contributed by atoms with E-state index in [-0.39, 0.29) is 17.9 Å². The van der Waals surface area contributed by atoms with Crippen molar-refractivity contribution in [1.29, 1.82) is 0 Å². The van der Waals surface area contributed by atoms with E-state index in [2.05, 4.69) is 15.2 Å². The molecule has 1 atom stereocenters. The van der Waals surface area contributed by atoms with Gasteiger partial charge in [-0.1, -0.05) is 0 Å². The molecule has 146 valence electrons. The van der Waals surface area contributed by atoms with Gasteiger partial charge in [0, 0.05) is 58.2 Å². The molecule has 2 amide bonds. The SMILES string of the molecule is COCCCNC(=O)C(C)N1CCN(C(=O)c2csc(CCN)n2)CC1. The Morgan fingerprint density at radius 2 is 2.12 bits per heavy atom. The van der Waals surface area contributed by atoms with Crippen molar-refractivity contribution >= 4 is 23.2 Å². The number of nitrogens with two attached hydrogens (primary N) is 1. The van der Waals surface area contributed by atoms with Crippen LogP contribution in [0.2, 0.25) is 0 Å². The molecule has 1 saturated heterocycles. The Kier molecular flexibility index (Phi) is 8.43. The van der Waals surface area contributed by atoms with Crippen LogP contribution in [0.3, 0.4) is 0 Å². The number of aromatic nitrogens is 1. The molecule has 26 heavy (non-hydrogen) atoms. The molecule has 1 fully saturated rings. The van der Waals surface area contributed by atoms with Gasteiger partial charge in [0.25, 0.3) is 5.91 Å². The molecular weight excluding hydrogens is 354 g/mol. The van der Waals surface area contributed by atoms with Crippen molar-refractivity contribution in [2.45, 2.75) is 25.8 Å². The summed E-state index contributed by atoms with van der Waals surface area (Å²) < 4.78 is 4.98. The third-order valence-corrected chi connectivity index (χ3v) is 5.39. The second kappa shape index (κ2) is 10.6. The predicted octanol–water partition coefficient (Wildman–Crippen LogP) is -0.0567. The van der Waals surface area contributed by atoms with Gasteiger partial charge in [0.1, 0.15) is 5.69 Å². The van der Waals surface area contributed by atoms with Gasteiger partial charge in [-0.15, -0.1) is 11.3 Å². The predicted molar refractivity (Wildman–Crippen MR) is 101 cm³/mol. The summed E-state index contributed by atoms with van der Waals surface area (Å²) in [6, 6.07) is -0.203. The fourth-order valence-electron chi connectivity index (χ4n) is 2.86. The molecule has 1 aliphatic heterocycles. The van der Waals surface area contributed by atoms with Gasteiger partial charge in [-0.2, -0.15) is 0 Å². The van der Waals surface area contributed by atoms with Crippen LogP contribution in [0, 0.1) is 0 Å². The van der Waals surface area contributed by atoms with E-state index in [1.165, 1.54) is 11.3 Å². The number of rotatable bonds is 9. The number of carbonyl (C=O) groups excluding carboxylic acids is 2. The zero-order valence-electron chi connectivity index (χ0n) is 15.6. The van der Waals surface area contributed by atoms with Crippen molar-refractivity contribution in [2.75, 3.05) is 53.0 Å². The monoisotopic (exact) mass is 383 g/mol. The number of thiazole rings is 1. The largest absolute Gasteiger partial charge is 0.385 e. The Morgan fingerprint density at radius 1 is 1.38 bits per heavy atom. The minimum absolute atomic E-state index is 0.0202. The smallest absolute Gasteiger partial charge is 0.273 e. The van der Waals surface area contributed by atoms with Crippen molar-refractivity contribution < 1.29 is 14.3 Å². The van der Waals surface area contributed by atoms with E-state index in [0.717, 1.165) is 11.4 Å². The molecule has 1 aromatic heterocycles. The molecule has 0 spiro atoms. The molecular formula is C17H29N5O3S. The highest BCUT2D eigenvalue weighted by atomic mass is 32.1. The van der Waals surface area contributed by atoms with Gasteiger partial charge in [0.15, 0.2) is 0 Å². The van der Waals surface area contributed by atoms with Crippen LogP contribution in [-0.4, -0.2) is 85.6 Å². The van der Waals surface area contributed by atoms with Crippen LogP contribution in [0.1, 0.15) is 28.8 Å². The van der Waals surface area contributed by atoms with Crippen molar-refractivity contribution in [3.8, 4) is 0 Å². The lowest BCUT2D eigenvalue weighted by atomic mass is 10.2. The van der Waals surface area contributed by atoms with Gasteiger partial charge >= 0.3 is 0 Å². The fourth-order valence-corrected chi connectivity index (χ4v) is 3.65. The molecule has 1 unspecified atom stereocenters. The second-order valence-corrected chi connectivity index (χ2v) is 7.25. The zero-order chi connectivity index (χ0) is 18.9. The molecule has 2 rings (SSSR count). The van der Waals surface area contributed by atoms with Crippen molar-refractivity contribution in [2.24, 2.45) is 5.73 Å². The fraction of sp³-hybridized carbons (Fsp3) is 0.706. The van der Waals surface area contributed by atoms with E-state index in [1.54, 1.807) is 17.4 Å². The Labute approximate surface area is 158 Å². The van der Waals surface area contributed by atoms with E-state index in [9.17, 15) is 9.59 Å². The van der Waals surface area contributed by atoms with Crippen molar-refractivity contribution in [1.82, 2.24) is 20.1 Å². The summed E-state index contributed by atoms with van der Waals surface area (Å²) in [4.78, 5) is 33.1. The maximum Gasteiger partial charge on any atom is 0.273 e. The van der Waals surface area contributed by atoms with Crippen molar-refractivity contribution in [3.63, 3.8) is 0 Å². The Balaban J connectivity index is 1.78. The Hall–Kier alpha value is -1.55. The molecule has 8 nitrogen and oxygen atoms in total. The Bertz CT molecular complexity index is 587. The number of nitrogens with one attached hydrogen (secondary N) is 1. The van der Waals surface area contributed by atoms with Gasteiger partial charge in [-0.25, -0.2) is 4.98 Å². The summed E-state index contributed by atoms with van der Waals surface area (Å²) in [6.45, 7) is 6.25. The van der Waals surface area contributed by atoms with Crippen LogP contribution < -0.4 is 11.1 Å². The zero-order valence-corrected chi connectivity index (χ0v) is 16.4. The third-order valence-electron chi connectivity index (χ3n) is 4.48. The van der Waals surface area contributed by atoms with Crippen LogP contribution in [0.15, 0.2) is 5.38 Å². The van der Waals surface area contributed by atoms with Crippen LogP contribution in [-0.2, 0) is 16.0 Å². The van der Waals surface area contributed by atoms with Gasteiger partial charge in [0.05, 0.1) is 11.0 Å². The number of hydrogen-bond donors (Lipinski definition) is 2. The quantitative estimate of drug-likeness (QED) is 0.580. The summed E-state index contributed by atoms with van der Waals surface area (Å²) in [5.74, 6) is -0.0207. The molecule has 0 aromatic carbocycles. The maximum absolute atomic E-state index is 12.6. The number of nitrogens with zero attached hydrogens (tertiary/aromatic N) is 3. The lowest BCUT2D eigenvalue weighted by Gasteiger charge is -2.37. The summed E-state index contributed by atoms with van der Waals surface area (Å²) in [5, 5.41) is 5.63. The third kappa shape index (κ3) is 5.73. The van der Waals surface area contributed by atoms with Gasteiger partial charge < -0.3 is 20.7 Å².